The maximum Gasteiger partial charge on any atom is 0.416 e. The van der Waals surface area contributed by atoms with Crippen LogP contribution in [-0.4, -0.2) is 50.3 Å². The lowest BCUT2D eigenvalue weighted by atomic mass is 10.1. The lowest BCUT2D eigenvalue weighted by molar-refractivity contribution is -0.137. The summed E-state index contributed by atoms with van der Waals surface area (Å²) in [4.78, 5) is 30.3. The number of methoxy groups -OCH3 is 1. The molecule has 1 fully saturated rings. The van der Waals surface area contributed by atoms with Gasteiger partial charge in [-0.15, -0.1) is 0 Å². The van der Waals surface area contributed by atoms with Crippen molar-refractivity contribution in [3.05, 3.63) is 46.3 Å². The molecule has 0 bridgehead atoms. The Kier molecular flexibility index (Phi) is 7.68. The van der Waals surface area contributed by atoms with Crippen LogP contribution in [0.5, 0.6) is 0 Å². The largest absolute Gasteiger partial charge is 0.460 e. The molecule has 2 heterocycles. The van der Waals surface area contributed by atoms with Crippen LogP contribution < -0.4 is 10.2 Å². The second-order valence-electron chi connectivity index (χ2n) is 7.99. The van der Waals surface area contributed by atoms with Gasteiger partial charge in [-0.1, -0.05) is 0 Å². The zero-order valence-corrected chi connectivity index (χ0v) is 18.9. The molecule has 10 heteroatoms. The number of hydrogen-bond acceptors (Lipinski definition) is 5. The number of aromatic nitrogens is 1. The number of alkyl halides is 3. The summed E-state index contributed by atoms with van der Waals surface area (Å²) in [5.41, 5.74) is 0.869. The van der Waals surface area contributed by atoms with Gasteiger partial charge in [-0.25, -0.2) is 4.79 Å². The van der Waals surface area contributed by atoms with Crippen molar-refractivity contribution in [3.8, 4) is 0 Å². The lowest BCUT2D eigenvalue weighted by Gasteiger charge is -2.31. The Morgan fingerprint density at radius 3 is 2.45 bits per heavy atom. The Morgan fingerprint density at radius 2 is 1.82 bits per heavy atom. The van der Waals surface area contributed by atoms with Gasteiger partial charge >= 0.3 is 12.1 Å². The number of rotatable bonds is 7. The van der Waals surface area contributed by atoms with Crippen LogP contribution in [0.1, 0.15) is 56.9 Å². The summed E-state index contributed by atoms with van der Waals surface area (Å²) in [6.07, 6.45) is -1.63. The molecule has 0 spiro atoms. The number of nitrogens with one attached hydrogen (secondary N) is 2. The monoisotopic (exact) mass is 467 g/mol. The van der Waals surface area contributed by atoms with Gasteiger partial charge < -0.3 is 24.7 Å². The topological polar surface area (TPSA) is 83.7 Å². The molecule has 1 aromatic heterocycles. The molecule has 0 radical (unpaired) electrons. The zero-order chi connectivity index (χ0) is 24.2. The minimum absolute atomic E-state index is 0.0599. The average Bonchev–Trinajstić information content (AvgIpc) is 3.08. The van der Waals surface area contributed by atoms with Crippen molar-refractivity contribution in [1.29, 1.82) is 0 Å². The third-order valence-electron chi connectivity index (χ3n) is 5.66. The van der Waals surface area contributed by atoms with Gasteiger partial charge in [0.2, 0.25) is 0 Å². The third kappa shape index (κ3) is 5.68. The van der Waals surface area contributed by atoms with Gasteiger partial charge in [0, 0.05) is 25.9 Å². The van der Waals surface area contributed by atoms with Crippen molar-refractivity contribution >= 4 is 23.3 Å². The Hall–Kier alpha value is -3.01. The lowest BCUT2D eigenvalue weighted by Crippen LogP contribution is -2.30. The van der Waals surface area contributed by atoms with Gasteiger partial charge in [0.15, 0.2) is 0 Å². The predicted octanol–water partition coefficient (Wildman–Crippen LogP) is 4.70. The van der Waals surface area contributed by atoms with E-state index in [4.69, 9.17) is 9.47 Å². The van der Waals surface area contributed by atoms with E-state index in [-0.39, 0.29) is 30.2 Å². The fourth-order valence-corrected chi connectivity index (χ4v) is 3.98. The summed E-state index contributed by atoms with van der Waals surface area (Å²) in [7, 11) is 1.48. The number of H-pyrrole nitrogens is 1. The molecule has 2 aromatic rings. The number of esters is 1. The molecule has 1 saturated heterocycles. The van der Waals surface area contributed by atoms with E-state index in [1.807, 2.05) is 4.90 Å². The van der Waals surface area contributed by atoms with Crippen LogP contribution in [0.4, 0.5) is 24.5 Å². The standard InChI is InChI=1S/C23H28F3N3O4/c1-14-19(22(31)33-12-11-32-3)15(2)27-20(14)21(30)28-17-13-16(23(24,25)26)7-8-18(17)29-9-5-4-6-10-29/h7-8,13,27H,4-6,9-12H2,1-3H3,(H,28,30). The van der Waals surface area contributed by atoms with Gasteiger partial charge in [0.25, 0.3) is 5.91 Å². The number of hydrogen-bond donors (Lipinski definition) is 2. The fraction of sp³-hybridized carbons (Fsp3) is 0.478. The molecule has 1 amide bonds. The molecule has 3 rings (SSSR count). The molecule has 1 aliphatic heterocycles. The summed E-state index contributed by atoms with van der Waals surface area (Å²) in [6, 6.07) is 3.37. The number of ether oxygens (including phenoxy) is 2. The predicted molar refractivity (Wildman–Crippen MR) is 118 cm³/mol. The number of carbonyl (C=O) groups excluding carboxylic acids is 2. The first-order valence-electron chi connectivity index (χ1n) is 10.8. The van der Waals surface area contributed by atoms with Gasteiger partial charge in [0.05, 0.1) is 29.1 Å². The average molecular weight is 467 g/mol. The van der Waals surface area contributed by atoms with E-state index in [1.165, 1.54) is 13.2 Å². The summed E-state index contributed by atoms with van der Waals surface area (Å²) in [5, 5.41) is 2.63. The van der Waals surface area contributed by atoms with E-state index in [9.17, 15) is 22.8 Å². The smallest absolute Gasteiger partial charge is 0.416 e. The van der Waals surface area contributed by atoms with Crippen molar-refractivity contribution in [1.82, 2.24) is 4.98 Å². The van der Waals surface area contributed by atoms with Crippen molar-refractivity contribution in [2.24, 2.45) is 0 Å². The number of piperidine rings is 1. The van der Waals surface area contributed by atoms with E-state index in [0.717, 1.165) is 31.4 Å². The van der Waals surface area contributed by atoms with Gasteiger partial charge in [-0.05, 0) is 56.9 Å². The highest BCUT2D eigenvalue weighted by Gasteiger charge is 2.32. The first kappa shape index (κ1) is 24.6. The summed E-state index contributed by atoms with van der Waals surface area (Å²) in [5.74, 6) is -1.24. The molecular weight excluding hydrogens is 439 g/mol. The molecular formula is C23H28F3N3O4. The maximum absolute atomic E-state index is 13.3. The van der Waals surface area contributed by atoms with Crippen LogP contribution in [0.3, 0.4) is 0 Å². The molecule has 1 aliphatic rings. The maximum atomic E-state index is 13.3. The summed E-state index contributed by atoms with van der Waals surface area (Å²) >= 11 is 0. The highest BCUT2D eigenvalue weighted by atomic mass is 19.4. The number of amides is 1. The van der Waals surface area contributed by atoms with Crippen LogP contribution in [0.2, 0.25) is 0 Å². The first-order valence-corrected chi connectivity index (χ1v) is 10.8. The number of halogens is 3. The highest BCUT2D eigenvalue weighted by molar-refractivity contribution is 6.08. The van der Waals surface area contributed by atoms with Crippen LogP contribution in [-0.2, 0) is 15.7 Å². The number of anilines is 2. The Bertz CT molecular complexity index is 1010. The van der Waals surface area contributed by atoms with Crippen molar-refractivity contribution in [3.63, 3.8) is 0 Å². The molecule has 1 aromatic carbocycles. The van der Waals surface area contributed by atoms with Crippen molar-refractivity contribution in [2.75, 3.05) is 43.6 Å². The second kappa shape index (κ2) is 10.3. The quantitative estimate of drug-likeness (QED) is 0.456. The van der Waals surface area contributed by atoms with E-state index >= 15 is 0 Å². The van der Waals surface area contributed by atoms with Crippen molar-refractivity contribution < 1.29 is 32.2 Å². The van der Waals surface area contributed by atoms with E-state index in [1.54, 1.807) is 13.8 Å². The van der Waals surface area contributed by atoms with Gasteiger partial charge in [-0.3, -0.25) is 4.79 Å². The van der Waals surface area contributed by atoms with Gasteiger partial charge in [-0.2, -0.15) is 13.2 Å². The number of carbonyl (C=O) groups is 2. The number of benzene rings is 1. The first-order chi connectivity index (χ1) is 15.6. The van der Waals surface area contributed by atoms with Crippen LogP contribution >= 0.6 is 0 Å². The Balaban J connectivity index is 1.90. The third-order valence-corrected chi connectivity index (χ3v) is 5.66. The minimum atomic E-state index is -4.54. The minimum Gasteiger partial charge on any atom is -0.460 e. The van der Waals surface area contributed by atoms with Gasteiger partial charge in [0.1, 0.15) is 12.3 Å². The molecule has 0 unspecified atom stereocenters. The van der Waals surface area contributed by atoms with E-state index in [0.29, 0.717) is 30.0 Å². The summed E-state index contributed by atoms with van der Waals surface area (Å²) < 4.78 is 50.0. The van der Waals surface area contributed by atoms with E-state index < -0.39 is 23.6 Å². The second-order valence-corrected chi connectivity index (χ2v) is 7.99. The molecule has 2 N–H and O–H groups in total. The molecule has 7 nitrogen and oxygen atoms in total. The van der Waals surface area contributed by atoms with Crippen LogP contribution in [0.25, 0.3) is 0 Å². The molecule has 0 atom stereocenters. The summed E-state index contributed by atoms with van der Waals surface area (Å²) in [6.45, 7) is 4.91. The molecule has 180 valence electrons. The number of nitrogens with zero attached hydrogens (tertiary/aromatic N) is 1. The molecule has 33 heavy (non-hydrogen) atoms. The number of aryl methyl sites for hydroxylation is 1. The normalized spacial score (nSPS) is 14.3. The SMILES string of the molecule is COCCOC(=O)c1c(C)[nH]c(C(=O)Nc2cc(C(F)(F)F)ccc2N2CCCCC2)c1C. The fourth-order valence-electron chi connectivity index (χ4n) is 3.98. The number of aromatic amines is 1. The van der Waals surface area contributed by atoms with Crippen LogP contribution in [0.15, 0.2) is 18.2 Å². The Labute approximate surface area is 190 Å². The Morgan fingerprint density at radius 1 is 1.12 bits per heavy atom. The highest BCUT2D eigenvalue weighted by Crippen LogP contribution is 2.36. The zero-order valence-electron chi connectivity index (χ0n) is 18.9. The van der Waals surface area contributed by atoms with E-state index in [2.05, 4.69) is 10.3 Å². The molecule has 0 saturated carbocycles. The van der Waals surface area contributed by atoms with Crippen molar-refractivity contribution in [2.45, 2.75) is 39.3 Å². The van der Waals surface area contributed by atoms with Crippen LogP contribution in [0, 0.1) is 13.8 Å². The molecule has 0 aliphatic carbocycles.